The summed E-state index contributed by atoms with van der Waals surface area (Å²) in [6, 6.07) is 1.66. The molecule has 2 rings (SSSR count). The monoisotopic (exact) mass is 238 g/mol. The number of likely N-dealkylation sites (tertiary alicyclic amines) is 1. The Morgan fingerprint density at radius 3 is 2.71 bits per heavy atom. The van der Waals surface area contributed by atoms with Crippen LogP contribution < -0.4 is 5.32 Å². The zero-order valence-electron chi connectivity index (χ0n) is 11.9. The Morgan fingerprint density at radius 1 is 1.24 bits per heavy atom. The van der Waals surface area contributed by atoms with Crippen molar-refractivity contribution in [2.45, 2.75) is 65.0 Å². The van der Waals surface area contributed by atoms with Crippen molar-refractivity contribution in [3.8, 4) is 0 Å². The molecule has 100 valence electrons. The molecule has 17 heavy (non-hydrogen) atoms. The van der Waals surface area contributed by atoms with Crippen LogP contribution in [0.25, 0.3) is 0 Å². The lowest BCUT2D eigenvalue weighted by Gasteiger charge is -2.36. The maximum atomic E-state index is 3.65. The summed E-state index contributed by atoms with van der Waals surface area (Å²) in [7, 11) is 0. The van der Waals surface area contributed by atoms with E-state index in [1.165, 1.54) is 45.2 Å². The Balaban J connectivity index is 1.82. The molecule has 0 spiro atoms. The second kappa shape index (κ2) is 6.19. The first-order valence-electron chi connectivity index (χ1n) is 7.68. The zero-order chi connectivity index (χ0) is 12.3. The van der Waals surface area contributed by atoms with Gasteiger partial charge in [-0.3, -0.25) is 0 Å². The van der Waals surface area contributed by atoms with Gasteiger partial charge in [0.25, 0.3) is 0 Å². The molecule has 1 saturated carbocycles. The number of nitrogens with zero attached hydrogens (tertiary/aromatic N) is 1. The summed E-state index contributed by atoms with van der Waals surface area (Å²) in [4.78, 5) is 2.79. The van der Waals surface area contributed by atoms with Gasteiger partial charge in [0.15, 0.2) is 0 Å². The minimum atomic E-state index is 0.789. The minimum absolute atomic E-state index is 0.789. The van der Waals surface area contributed by atoms with Crippen LogP contribution in [0.1, 0.15) is 52.9 Å². The van der Waals surface area contributed by atoms with Gasteiger partial charge in [-0.2, -0.15) is 0 Å². The van der Waals surface area contributed by atoms with Crippen LogP contribution in [0.4, 0.5) is 0 Å². The van der Waals surface area contributed by atoms with Gasteiger partial charge in [0.05, 0.1) is 0 Å². The van der Waals surface area contributed by atoms with Crippen molar-refractivity contribution >= 4 is 0 Å². The Labute approximate surface area is 107 Å². The van der Waals surface area contributed by atoms with Crippen LogP contribution in [0.3, 0.4) is 0 Å². The molecule has 1 N–H and O–H groups in total. The van der Waals surface area contributed by atoms with Crippen molar-refractivity contribution in [3.05, 3.63) is 0 Å². The van der Waals surface area contributed by atoms with E-state index in [4.69, 9.17) is 0 Å². The lowest BCUT2D eigenvalue weighted by Crippen LogP contribution is -2.43. The molecule has 0 aromatic rings. The first kappa shape index (κ1) is 13.4. The number of rotatable bonds is 4. The van der Waals surface area contributed by atoms with Crippen LogP contribution in [-0.4, -0.2) is 36.6 Å². The van der Waals surface area contributed by atoms with E-state index < -0.39 is 0 Å². The summed E-state index contributed by atoms with van der Waals surface area (Å²) in [5, 5.41) is 3.65. The van der Waals surface area contributed by atoms with Gasteiger partial charge in [-0.1, -0.05) is 27.2 Å². The Hall–Kier alpha value is -0.0800. The first-order chi connectivity index (χ1) is 8.20. The molecule has 2 fully saturated rings. The Bertz CT molecular complexity index is 225. The average molecular weight is 238 g/mol. The third-order valence-corrected chi connectivity index (χ3v) is 4.85. The van der Waals surface area contributed by atoms with Crippen molar-refractivity contribution in [1.29, 1.82) is 0 Å². The molecule has 0 radical (unpaired) electrons. The number of nitrogens with one attached hydrogen (secondary N) is 1. The highest BCUT2D eigenvalue weighted by molar-refractivity contribution is 4.88. The van der Waals surface area contributed by atoms with Gasteiger partial charge in [-0.25, -0.2) is 0 Å². The molecular formula is C15H30N2. The summed E-state index contributed by atoms with van der Waals surface area (Å²) >= 11 is 0. The van der Waals surface area contributed by atoms with Crippen molar-refractivity contribution in [3.63, 3.8) is 0 Å². The lowest BCUT2D eigenvalue weighted by atomic mass is 9.90. The second-order valence-corrected chi connectivity index (χ2v) is 6.36. The van der Waals surface area contributed by atoms with Gasteiger partial charge in [0, 0.05) is 18.6 Å². The number of hydrogen-bond acceptors (Lipinski definition) is 2. The maximum absolute atomic E-state index is 3.65. The predicted molar refractivity (Wildman–Crippen MR) is 74.2 cm³/mol. The topological polar surface area (TPSA) is 15.3 Å². The first-order valence-corrected chi connectivity index (χ1v) is 7.68. The zero-order valence-corrected chi connectivity index (χ0v) is 11.9. The largest absolute Gasteiger partial charge is 0.314 e. The molecule has 1 aliphatic carbocycles. The summed E-state index contributed by atoms with van der Waals surface area (Å²) < 4.78 is 0. The van der Waals surface area contributed by atoms with E-state index in [1.54, 1.807) is 0 Å². The van der Waals surface area contributed by atoms with Gasteiger partial charge in [-0.05, 0) is 50.6 Å². The van der Waals surface area contributed by atoms with Crippen LogP contribution in [0.15, 0.2) is 0 Å². The van der Waals surface area contributed by atoms with E-state index in [0.29, 0.717) is 0 Å². The Kier molecular flexibility index (Phi) is 4.87. The highest BCUT2D eigenvalue weighted by Gasteiger charge is 2.32. The fourth-order valence-corrected chi connectivity index (χ4v) is 3.66. The van der Waals surface area contributed by atoms with Gasteiger partial charge in [0.1, 0.15) is 0 Å². The molecule has 3 unspecified atom stereocenters. The smallest absolute Gasteiger partial charge is 0.0110 e. The molecule has 1 saturated heterocycles. The highest BCUT2D eigenvalue weighted by Crippen LogP contribution is 2.30. The summed E-state index contributed by atoms with van der Waals surface area (Å²) in [6.07, 6.45) is 7.07. The second-order valence-electron chi connectivity index (χ2n) is 6.36. The summed E-state index contributed by atoms with van der Waals surface area (Å²) in [6.45, 7) is 10.8. The molecule has 0 bridgehead atoms. The fourth-order valence-electron chi connectivity index (χ4n) is 3.66. The van der Waals surface area contributed by atoms with E-state index in [0.717, 1.165) is 30.5 Å². The van der Waals surface area contributed by atoms with Crippen LogP contribution in [0.2, 0.25) is 0 Å². The minimum Gasteiger partial charge on any atom is -0.314 e. The average Bonchev–Trinajstić information content (AvgIpc) is 2.79. The fraction of sp³-hybridized carbons (Fsp3) is 1.00. The summed E-state index contributed by atoms with van der Waals surface area (Å²) in [5.74, 6) is 1.82. The molecule has 2 nitrogen and oxygen atoms in total. The highest BCUT2D eigenvalue weighted by atomic mass is 15.2. The van der Waals surface area contributed by atoms with Gasteiger partial charge >= 0.3 is 0 Å². The molecule has 0 aromatic carbocycles. The van der Waals surface area contributed by atoms with Crippen LogP contribution in [0.5, 0.6) is 0 Å². The van der Waals surface area contributed by atoms with Crippen molar-refractivity contribution in [1.82, 2.24) is 10.2 Å². The third-order valence-electron chi connectivity index (χ3n) is 4.85. The molecule has 2 heteroatoms. The standard InChI is InChI=1S/C15H30N2/c1-4-16-14-6-5-7-15(10-14)17-9-8-13(11-17)12(2)3/h12-16H,4-11H2,1-3H3. The normalized spacial score (nSPS) is 35.6. The van der Waals surface area contributed by atoms with E-state index in [9.17, 15) is 0 Å². The molecule has 0 amide bonds. The summed E-state index contributed by atoms with van der Waals surface area (Å²) in [5.41, 5.74) is 0. The molecule has 0 aromatic heterocycles. The lowest BCUT2D eigenvalue weighted by molar-refractivity contribution is 0.160. The van der Waals surface area contributed by atoms with E-state index in [2.05, 4.69) is 31.0 Å². The molecule has 2 aliphatic rings. The van der Waals surface area contributed by atoms with Crippen molar-refractivity contribution < 1.29 is 0 Å². The van der Waals surface area contributed by atoms with Crippen LogP contribution in [-0.2, 0) is 0 Å². The number of hydrogen-bond donors (Lipinski definition) is 1. The van der Waals surface area contributed by atoms with Gasteiger partial charge < -0.3 is 10.2 Å². The van der Waals surface area contributed by atoms with E-state index in [-0.39, 0.29) is 0 Å². The van der Waals surface area contributed by atoms with Crippen molar-refractivity contribution in [2.24, 2.45) is 11.8 Å². The van der Waals surface area contributed by atoms with Crippen LogP contribution in [0, 0.1) is 11.8 Å². The quantitative estimate of drug-likeness (QED) is 0.810. The van der Waals surface area contributed by atoms with Crippen LogP contribution >= 0.6 is 0 Å². The molecular weight excluding hydrogens is 208 g/mol. The van der Waals surface area contributed by atoms with Crippen molar-refractivity contribution in [2.75, 3.05) is 19.6 Å². The maximum Gasteiger partial charge on any atom is 0.0110 e. The SMILES string of the molecule is CCNC1CCCC(N2CCC(C(C)C)C2)C1. The molecule has 1 aliphatic heterocycles. The van der Waals surface area contributed by atoms with E-state index in [1.807, 2.05) is 0 Å². The third kappa shape index (κ3) is 3.45. The predicted octanol–water partition coefficient (Wildman–Crippen LogP) is 2.89. The van der Waals surface area contributed by atoms with E-state index >= 15 is 0 Å². The van der Waals surface area contributed by atoms with Gasteiger partial charge in [0.2, 0.25) is 0 Å². The van der Waals surface area contributed by atoms with Gasteiger partial charge in [-0.15, -0.1) is 0 Å². The Morgan fingerprint density at radius 2 is 2.06 bits per heavy atom. The molecule has 1 heterocycles. The molecule has 3 atom stereocenters.